The molecule has 0 saturated carbocycles. The number of amides is 2. The topological polar surface area (TPSA) is 91.4 Å². The lowest BCUT2D eigenvalue weighted by molar-refractivity contribution is -0.342. The monoisotopic (exact) mass is 425 g/mol. The third-order valence-electron chi connectivity index (χ3n) is 5.50. The van der Waals surface area contributed by atoms with Crippen molar-refractivity contribution in [3.05, 3.63) is 71.3 Å². The minimum Gasteiger partial charge on any atom is -0.467 e. The fraction of sp³-hybridized carbons (Fsp3) is 0.348. The van der Waals surface area contributed by atoms with Crippen molar-refractivity contribution in [2.75, 3.05) is 20.8 Å². The molecule has 8 nitrogen and oxygen atoms in total. The molecule has 0 bridgehead atoms. The number of nitrogens with zero attached hydrogens (tertiary/aromatic N) is 1. The van der Waals surface area contributed by atoms with Crippen LogP contribution in [0.3, 0.4) is 0 Å². The van der Waals surface area contributed by atoms with Crippen LogP contribution in [0.5, 0.6) is 0 Å². The number of esters is 1. The number of imide groups is 1. The van der Waals surface area contributed by atoms with Gasteiger partial charge in [0.1, 0.15) is 6.10 Å². The molecule has 0 N–H and O–H groups in total. The molecule has 31 heavy (non-hydrogen) atoms. The molecular formula is C23H23NO7. The maximum atomic E-state index is 12.5. The van der Waals surface area contributed by atoms with Gasteiger partial charge in [-0.2, -0.15) is 0 Å². The van der Waals surface area contributed by atoms with E-state index in [1.165, 1.54) is 19.1 Å². The summed E-state index contributed by atoms with van der Waals surface area (Å²) in [5, 5.41) is 0. The first kappa shape index (κ1) is 21.2. The Hall–Kier alpha value is -3.07. The van der Waals surface area contributed by atoms with Gasteiger partial charge in [0.15, 0.2) is 6.10 Å². The van der Waals surface area contributed by atoms with Crippen molar-refractivity contribution in [2.45, 2.75) is 31.0 Å². The maximum absolute atomic E-state index is 12.5. The van der Waals surface area contributed by atoms with Crippen LogP contribution in [0, 0.1) is 0 Å². The van der Waals surface area contributed by atoms with Crippen molar-refractivity contribution in [3.63, 3.8) is 0 Å². The number of fused-ring (bicyclic) bond motifs is 1. The molecule has 1 fully saturated rings. The van der Waals surface area contributed by atoms with E-state index in [9.17, 15) is 14.4 Å². The lowest BCUT2D eigenvalue weighted by atomic mass is 10.1. The first-order valence-corrected chi connectivity index (χ1v) is 10.00. The number of carbonyl (C=O) groups excluding carboxylic acids is 3. The summed E-state index contributed by atoms with van der Waals surface area (Å²) < 4.78 is 22.4. The quantitative estimate of drug-likeness (QED) is 0.497. The molecule has 2 aromatic carbocycles. The second-order valence-corrected chi connectivity index (χ2v) is 7.29. The Morgan fingerprint density at radius 2 is 1.58 bits per heavy atom. The van der Waals surface area contributed by atoms with E-state index in [1.54, 1.807) is 36.4 Å². The highest BCUT2D eigenvalue weighted by atomic mass is 16.9. The highest BCUT2D eigenvalue weighted by molar-refractivity contribution is 6.21. The number of rotatable bonds is 7. The standard InChI is InChI=1S/C23H23NO7/c1-28-22(27)19-18(30-23(29-2,31-19)15-9-4-3-5-10-15)13-8-14-24-20(25)16-11-6-7-12-17(16)21(24)26/h3-7,9-12,18-19H,8,13-14H2,1-2H3/t18-,19+,23?/m1/s1. The third kappa shape index (κ3) is 3.74. The van der Waals surface area contributed by atoms with Crippen LogP contribution >= 0.6 is 0 Å². The van der Waals surface area contributed by atoms with Crippen molar-refractivity contribution in [1.82, 2.24) is 4.90 Å². The molecule has 162 valence electrons. The molecule has 2 aliphatic rings. The number of ether oxygens (including phenoxy) is 4. The molecule has 2 heterocycles. The fourth-order valence-corrected chi connectivity index (χ4v) is 3.94. The van der Waals surface area contributed by atoms with E-state index in [1.807, 2.05) is 18.2 Å². The second kappa shape index (κ2) is 8.58. The Morgan fingerprint density at radius 1 is 0.968 bits per heavy atom. The predicted molar refractivity (Wildman–Crippen MR) is 108 cm³/mol. The lowest BCUT2D eigenvalue weighted by Gasteiger charge is -2.26. The van der Waals surface area contributed by atoms with Gasteiger partial charge >= 0.3 is 11.9 Å². The molecular weight excluding hydrogens is 402 g/mol. The van der Waals surface area contributed by atoms with E-state index in [-0.39, 0.29) is 18.4 Å². The Balaban J connectivity index is 1.46. The minimum atomic E-state index is -1.54. The number of methoxy groups -OCH3 is 2. The smallest absolute Gasteiger partial charge is 0.337 e. The molecule has 0 spiro atoms. The van der Waals surface area contributed by atoms with Crippen molar-refractivity contribution in [2.24, 2.45) is 0 Å². The largest absolute Gasteiger partial charge is 0.467 e. The van der Waals surface area contributed by atoms with Gasteiger partial charge < -0.3 is 18.9 Å². The van der Waals surface area contributed by atoms with Gasteiger partial charge in [-0.3, -0.25) is 14.5 Å². The molecule has 1 saturated heterocycles. The van der Waals surface area contributed by atoms with E-state index >= 15 is 0 Å². The molecule has 0 aliphatic carbocycles. The van der Waals surface area contributed by atoms with E-state index in [4.69, 9.17) is 18.9 Å². The van der Waals surface area contributed by atoms with Crippen LogP contribution in [0.25, 0.3) is 0 Å². The summed E-state index contributed by atoms with van der Waals surface area (Å²) in [4.78, 5) is 38.6. The Morgan fingerprint density at radius 3 is 2.16 bits per heavy atom. The van der Waals surface area contributed by atoms with Crippen LogP contribution in [0.2, 0.25) is 0 Å². The summed E-state index contributed by atoms with van der Waals surface area (Å²) in [6.07, 6.45) is -0.915. The molecule has 2 amide bonds. The zero-order valence-corrected chi connectivity index (χ0v) is 17.3. The Bertz CT molecular complexity index is 957. The summed E-state index contributed by atoms with van der Waals surface area (Å²) in [7, 11) is 2.71. The molecule has 0 radical (unpaired) electrons. The summed E-state index contributed by atoms with van der Waals surface area (Å²) in [6.45, 7) is 0.200. The van der Waals surface area contributed by atoms with E-state index < -0.39 is 24.2 Å². The van der Waals surface area contributed by atoms with Gasteiger partial charge in [-0.05, 0) is 25.0 Å². The van der Waals surface area contributed by atoms with Crippen LogP contribution in [0.4, 0.5) is 0 Å². The molecule has 2 aliphatic heterocycles. The fourth-order valence-electron chi connectivity index (χ4n) is 3.94. The van der Waals surface area contributed by atoms with Gasteiger partial charge in [-0.15, -0.1) is 0 Å². The van der Waals surface area contributed by atoms with E-state index in [2.05, 4.69) is 0 Å². The number of benzene rings is 2. The lowest BCUT2D eigenvalue weighted by Crippen LogP contribution is -2.35. The molecule has 2 aromatic rings. The van der Waals surface area contributed by atoms with E-state index in [0.29, 0.717) is 29.5 Å². The highest BCUT2D eigenvalue weighted by Crippen LogP contribution is 2.40. The van der Waals surface area contributed by atoms with Gasteiger partial charge in [0.05, 0.1) is 18.2 Å². The van der Waals surface area contributed by atoms with Crippen molar-refractivity contribution >= 4 is 17.8 Å². The normalized spacial score (nSPS) is 25.0. The van der Waals surface area contributed by atoms with Crippen LogP contribution in [0.15, 0.2) is 54.6 Å². The number of carbonyl (C=O) groups is 3. The zero-order valence-electron chi connectivity index (χ0n) is 17.3. The first-order valence-electron chi connectivity index (χ1n) is 10.00. The van der Waals surface area contributed by atoms with Crippen LogP contribution in [-0.2, 0) is 29.7 Å². The average Bonchev–Trinajstić information content (AvgIpc) is 3.31. The van der Waals surface area contributed by atoms with Crippen molar-refractivity contribution in [3.8, 4) is 0 Å². The van der Waals surface area contributed by atoms with Gasteiger partial charge in [-0.25, -0.2) is 4.79 Å². The second-order valence-electron chi connectivity index (χ2n) is 7.29. The summed E-state index contributed by atoms with van der Waals surface area (Å²) in [6, 6.07) is 15.8. The molecule has 8 heteroatoms. The van der Waals surface area contributed by atoms with Crippen LogP contribution in [0.1, 0.15) is 39.1 Å². The number of hydrogen-bond acceptors (Lipinski definition) is 7. The molecule has 3 atom stereocenters. The highest BCUT2D eigenvalue weighted by Gasteiger charge is 2.53. The summed E-state index contributed by atoms with van der Waals surface area (Å²) in [5.74, 6) is -2.76. The van der Waals surface area contributed by atoms with Crippen molar-refractivity contribution in [1.29, 1.82) is 0 Å². The van der Waals surface area contributed by atoms with Crippen molar-refractivity contribution < 1.29 is 33.3 Å². The Kier molecular flexibility index (Phi) is 5.86. The van der Waals surface area contributed by atoms with Gasteiger partial charge in [-0.1, -0.05) is 42.5 Å². The first-order chi connectivity index (χ1) is 15.0. The molecule has 4 rings (SSSR count). The van der Waals surface area contributed by atoms with E-state index in [0.717, 1.165) is 0 Å². The molecule has 0 aromatic heterocycles. The molecule has 1 unspecified atom stereocenters. The third-order valence-corrected chi connectivity index (χ3v) is 5.50. The zero-order chi connectivity index (χ0) is 22.0. The minimum absolute atomic E-state index is 0.200. The SMILES string of the molecule is COC(=O)[C@H]1OC(OC)(c2ccccc2)O[C@@H]1CCCN1C(=O)c2ccccc2C1=O. The summed E-state index contributed by atoms with van der Waals surface area (Å²) >= 11 is 0. The van der Waals surface area contributed by atoms with Gasteiger partial charge in [0.25, 0.3) is 11.8 Å². The van der Waals surface area contributed by atoms with Crippen LogP contribution < -0.4 is 0 Å². The summed E-state index contributed by atoms with van der Waals surface area (Å²) in [5.41, 5.74) is 1.42. The van der Waals surface area contributed by atoms with Gasteiger partial charge in [0.2, 0.25) is 0 Å². The number of hydrogen-bond donors (Lipinski definition) is 0. The predicted octanol–water partition coefficient (Wildman–Crippen LogP) is 2.48. The average molecular weight is 425 g/mol. The van der Waals surface area contributed by atoms with Gasteiger partial charge in [0, 0.05) is 19.2 Å². The van der Waals surface area contributed by atoms with Crippen LogP contribution in [-0.4, -0.2) is 55.7 Å². The maximum Gasteiger partial charge on any atom is 0.337 e. The Labute approximate surface area is 179 Å².